The monoisotopic (exact) mass is 398 g/mol. The van der Waals surface area contributed by atoms with Crippen LogP contribution in [0.1, 0.15) is 39.5 Å². The van der Waals surface area contributed by atoms with E-state index in [9.17, 15) is 0 Å². The van der Waals surface area contributed by atoms with Gasteiger partial charge < -0.3 is 28.4 Å². The number of ether oxygens (including phenoxy) is 6. The summed E-state index contributed by atoms with van der Waals surface area (Å²) in [6.45, 7) is 10.5. The van der Waals surface area contributed by atoms with Gasteiger partial charge in [-0.15, -0.1) is 0 Å². The maximum atomic E-state index is 5.69. The molecule has 0 amide bonds. The zero-order valence-corrected chi connectivity index (χ0v) is 17.7. The summed E-state index contributed by atoms with van der Waals surface area (Å²) < 4.78 is 33.2. The Hall–Kier alpha value is -1.34. The Balaban J connectivity index is 2.00. The van der Waals surface area contributed by atoms with Gasteiger partial charge in [-0.3, -0.25) is 0 Å². The summed E-state index contributed by atoms with van der Waals surface area (Å²) in [6.07, 6.45) is 4.50. The third-order valence-corrected chi connectivity index (χ3v) is 3.83. The second-order valence-corrected chi connectivity index (χ2v) is 6.33. The molecule has 0 radical (unpaired) electrons. The Bertz CT molecular complexity index is 417. The summed E-state index contributed by atoms with van der Waals surface area (Å²) >= 11 is 0. The minimum atomic E-state index is 0.500. The Labute approximate surface area is 170 Å². The molecule has 0 aliphatic carbocycles. The van der Waals surface area contributed by atoms with E-state index in [4.69, 9.17) is 28.4 Å². The van der Waals surface area contributed by atoms with Crippen LogP contribution in [0.4, 0.5) is 0 Å². The summed E-state index contributed by atoms with van der Waals surface area (Å²) in [5.41, 5.74) is 0. The van der Waals surface area contributed by atoms with Gasteiger partial charge in [0.1, 0.15) is 24.7 Å². The van der Waals surface area contributed by atoms with Crippen molar-refractivity contribution in [3.8, 4) is 11.5 Å². The van der Waals surface area contributed by atoms with Gasteiger partial charge in [0.05, 0.1) is 39.6 Å². The third-order valence-electron chi connectivity index (χ3n) is 3.83. The van der Waals surface area contributed by atoms with E-state index in [0.717, 1.165) is 50.4 Å². The molecule has 0 saturated heterocycles. The average Bonchev–Trinajstić information content (AvgIpc) is 2.72. The molecule has 0 N–H and O–H groups in total. The molecule has 6 nitrogen and oxygen atoms in total. The van der Waals surface area contributed by atoms with Crippen LogP contribution in [0.5, 0.6) is 11.5 Å². The molecule has 0 aromatic heterocycles. The van der Waals surface area contributed by atoms with Crippen LogP contribution in [0, 0.1) is 0 Å². The fourth-order valence-corrected chi connectivity index (χ4v) is 2.23. The molecule has 6 heteroatoms. The summed E-state index contributed by atoms with van der Waals surface area (Å²) in [5.74, 6) is 1.54. The molecule has 0 atom stereocenters. The smallest absolute Gasteiger partial charge is 0.123 e. The Morgan fingerprint density at radius 1 is 0.536 bits per heavy atom. The number of rotatable bonds is 20. The van der Waals surface area contributed by atoms with Crippen molar-refractivity contribution in [3.63, 3.8) is 0 Å². The van der Waals surface area contributed by atoms with Crippen molar-refractivity contribution in [2.45, 2.75) is 39.5 Å². The van der Waals surface area contributed by atoms with Gasteiger partial charge >= 0.3 is 0 Å². The highest BCUT2D eigenvalue weighted by Crippen LogP contribution is 2.19. The number of benzene rings is 1. The fourth-order valence-electron chi connectivity index (χ4n) is 2.23. The lowest BCUT2D eigenvalue weighted by Gasteiger charge is -2.10. The Morgan fingerprint density at radius 2 is 0.929 bits per heavy atom. The normalized spacial score (nSPS) is 10.9. The first-order valence-corrected chi connectivity index (χ1v) is 10.5. The van der Waals surface area contributed by atoms with Gasteiger partial charge in [0.25, 0.3) is 0 Å². The molecule has 1 aromatic carbocycles. The molecule has 0 unspecified atom stereocenters. The van der Waals surface area contributed by atoms with E-state index in [-0.39, 0.29) is 0 Å². The molecular weight excluding hydrogens is 360 g/mol. The van der Waals surface area contributed by atoms with Gasteiger partial charge in [-0.25, -0.2) is 0 Å². The fraction of sp³-hybridized carbons (Fsp3) is 0.727. The Kier molecular flexibility index (Phi) is 16.8. The van der Waals surface area contributed by atoms with Gasteiger partial charge in [0.15, 0.2) is 0 Å². The van der Waals surface area contributed by atoms with Crippen molar-refractivity contribution in [3.05, 3.63) is 24.3 Å². The molecule has 28 heavy (non-hydrogen) atoms. The van der Waals surface area contributed by atoms with Crippen LogP contribution in [0.25, 0.3) is 0 Å². The highest BCUT2D eigenvalue weighted by atomic mass is 16.6. The molecule has 0 aliphatic rings. The first-order chi connectivity index (χ1) is 13.9. The SMILES string of the molecule is CCCCOCCOCCOc1cccc(OCCOCCOCCCC)c1. The van der Waals surface area contributed by atoms with E-state index in [2.05, 4.69) is 13.8 Å². The molecule has 0 fully saturated rings. The molecule has 0 heterocycles. The predicted octanol–water partition coefficient (Wildman–Crippen LogP) is 4.11. The topological polar surface area (TPSA) is 55.4 Å². The van der Waals surface area contributed by atoms with Crippen LogP contribution in [-0.4, -0.2) is 66.1 Å². The molecule has 0 aliphatic heterocycles. The van der Waals surface area contributed by atoms with Crippen LogP contribution in [0.3, 0.4) is 0 Å². The van der Waals surface area contributed by atoms with Crippen LogP contribution in [-0.2, 0) is 18.9 Å². The molecular formula is C22H38O6. The van der Waals surface area contributed by atoms with Crippen LogP contribution in [0.15, 0.2) is 24.3 Å². The number of hydrogen-bond donors (Lipinski definition) is 0. The van der Waals surface area contributed by atoms with E-state index in [1.165, 1.54) is 0 Å². The first kappa shape index (κ1) is 24.7. The summed E-state index contributed by atoms with van der Waals surface area (Å²) in [4.78, 5) is 0. The third kappa shape index (κ3) is 14.7. The zero-order chi connectivity index (χ0) is 20.1. The molecule has 0 spiro atoms. The quantitative estimate of drug-likeness (QED) is 0.308. The van der Waals surface area contributed by atoms with Gasteiger partial charge in [0, 0.05) is 19.3 Å². The maximum absolute atomic E-state index is 5.69. The minimum absolute atomic E-state index is 0.500. The van der Waals surface area contributed by atoms with Crippen LogP contribution >= 0.6 is 0 Å². The first-order valence-electron chi connectivity index (χ1n) is 10.5. The van der Waals surface area contributed by atoms with Crippen molar-refractivity contribution >= 4 is 0 Å². The van der Waals surface area contributed by atoms with Gasteiger partial charge in [-0.2, -0.15) is 0 Å². The maximum Gasteiger partial charge on any atom is 0.123 e. The minimum Gasteiger partial charge on any atom is -0.491 e. The predicted molar refractivity (Wildman–Crippen MR) is 111 cm³/mol. The summed E-state index contributed by atoms with van der Waals surface area (Å²) in [7, 11) is 0. The largest absolute Gasteiger partial charge is 0.491 e. The molecule has 162 valence electrons. The zero-order valence-electron chi connectivity index (χ0n) is 17.7. The highest BCUT2D eigenvalue weighted by Gasteiger charge is 1.99. The lowest BCUT2D eigenvalue weighted by Crippen LogP contribution is -2.12. The van der Waals surface area contributed by atoms with E-state index in [1.54, 1.807) is 0 Å². The average molecular weight is 399 g/mol. The molecule has 0 saturated carbocycles. The van der Waals surface area contributed by atoms with Crippen molar-refractivity contribution in [1.29, 1.82) is 0 Å². The second-order valence-electron chi connectivity index (χ2n) is 6.33. The van der Waals surface area contributed by atoms with Crippen molar-refractivity contribution < 1.29 is 28.4 Å². The molecule has 0 bridgehead atoms. The van der Waals surface area contributed by atoms with Gasteiger partial charge in [0.2, 0.25) is 0 Å². The number of hydrogen-bond acceptors (Lipinski definition) is 6. The van der Waals surface area contributed by atoms with Gasteiger partial charge in [-0.1, -0.05) is 32.8 Å². The van der Waals surface area contributed by atoms with Crippen LogP contribution in [0.2, 0.25) is 0 Å². The van der Waals surface area contributed by atoms with Crippen molar-refractivity contribution in [1.82, 2.24) is 0 Å². The van der Waals surface area contributed by atoms with Crippen LogP contribution < -0.4 is 9.47 Å². The standard InChI is InChI=1S/C22H38O6/c1-3-5-10-23-12-14-25-16-18-27-21-8-7-9-22(20-21)28-19-17-26-15-13-24-11-6-4-2/h7-9,20H,3-6,10-19H2,1-2H3. The van der Waals surface area contributed by atoms with E-state index < -0.39 is 0 Å². The van der Waals surface area contributed by atoms with E-state index >= 15 is 0 Å². The second kappa shape index (κ2) is 19.0. The molecule has 1 aromatic rings. The van der Waals surface area contributed by atoms with E-state index in [0.29, 0.717) is 52.9 Å². The lowest BCUT2D eigenvalue weighted by atomic mass is 10.3. The van der Waals surface area contributed by atoms with Gasteiger partial charge in [-0.05, 0) is 25.0 Å². The van der Waals surface area contributed by atoms with Crippen molar-refractivity contribution in [2.75, 3.05) is 66.1 Å². The lowest BCUT2D eigenvalue weighted by molar-refractivity contribution is 0.0347. The van der Waals surface area contributed by atoms with Crippen molar-refractivity contribution in [2.24, 2.45) is 0 Å². The van der Waals surface area contributed by atoms with E-state index in [1.807, 2.05) is 24.3 Å². The summed E-state index contributed by atoms with van der Waals surface area (Å²) in [5, 5.41) is 0. The summed E-state index contributed by atoms with van der Waals surface area (Å²) in [6, 6.07) is 7.60. The highest BCUT2D eigenvalue weighted by molar-refractivity contribution is 5.32. The number of unbranched alkanes of at least 4 members (excludes halogenated alkanes) is 2. The molecule has 1 rings (SSSR count). The Morgan fingerprint density at radius 3 is 1.36 bits per heavy atom.